The van der Waals surface area contributed by atoms with Crippen LogP contribution in [0.4, 0.5) is 0 Å². The molecule has 2 atom stereocenters. The van der Waals surface area contributed by atoms with E-state index in [9.17, 15) is 8.42 Å². The Bertz CT molecular complexity index is 785. The second kappa shape index (κ2) is 4.93. The summed E-state index contributed by atoms with van der Waals surface area (Å²) in [6.45, 7) is 1.04. The van der Waals surface area contributed by atoms with Crippen molar-refractivity contribution in [3.63, 3.8) is 0 Å². The summed E-state index contributed by atoms with van der Waals surface area (Å²) in [5.74, 6) is 0.921. The maximum absolute atomic E-state index is 11.3. The van der Waals surface area contributed by atoms with Gasteiger partial charge >= 0.3 is 0 Å². The van der Waals surface area contributed by atoms with Crippen LogP contribution in [0.3, 0.4) is 0 Å². The minimum Gasteiger partial charge on any atom is -0.269 e. The largest absolute Gasteiger partial charge is 0.269 e. The fourth-order valence-electron chi connectivity index (χ4n) is 3.42. The van der Waals surface area contributed by atoms with Crippen molar-refractivity contribution in [2.24, 2.45) is 5.14 Å². The van der Waals surface area contributed by atoms with Gasteiger partial charge in [0.15, 0.2) is 0 Å². The monoisotopic (exact) mass is 317 g/mol. The summed E-state index contributed by atoms with van der Waals surface area (Å²) >= 11 is 0. The summed E-state index contributed by atoms with van der Waals surface area (Å²) in [5.41, 5.74) is 3.72. The summed E-state index contributed by atoms with van der Waals surface area (Å²) in [4.78, 5) is 0.172. The fourth-order valence-corrected chi connectivity index (χ4v) is 3.93. The summed E-state index contributed by atoms with van der Waals surface area (Å²) in [7, 11) is -3.61. The van der Waals surface area contributed by atoms with Gasteiger partial charge in [-0.3, -0.25) is 4.68 Å². The second-order valence-corrected chi connectivity index (χ2v) is 7.86. The van der Waals surface area contributed by atoms with Gasteiger partial charge in [0.25, 0.3) is 0 Å². The highest BCUT2D eigenvalue weighted by atomic mass is 32.2. The van der Waals surface area contributed by atoms with E-state index in [2.05, 4.69) is 10.7 Å². The lowest BCUT2D eigenvalue weighted by Gasteiger charge is -2.11. The number of hydrogen-bond donors (Lipinski definition) is 1. The molecule has 22 heavy (non-hydrogen) atoms. The van der Waals surface area contributed by atoms with Crippen LogP contribution >= 0.6 is 0 Å². The molecule has 6 heteroatoms. The van der Waals surface area contributed by atoms with Crippen LogP contribution in [0.5, 0.6) is 0 Å². The van der Waals surface area contributed by atoms with E-state index in [0.29, 0.717) is 11.8 Å². The zero-order chi connectivity index (χ0) is 15.3. The van der Waals surface area contributed by atoms with Gasteiger partial charge in [-0.1, -0.05) is 12.1 Å². The average Bonchev–Trinajstić information content (AvgIpc) is 3.18. The third-order valence-corrected chi connectivity index (χ3v) is 5.67. The van der Waals surface area contributed by atoms with Crippen LogP contribution in [0.25, 0.3) is 0 Å². The molecule has 2 aromatic rings. The molecule has 116 valence electrons. The van der Waals surface area contributed by atoms with Crippen LogP contribution in [0.15, 0.2) is 35.2 Å². The van der Waals surface area contributed by atoms with Crippen molar-refractivity contribution in [1.29, 1.82) is 0 Å². The number of nitrogens with zero attached hydrogens (tertiary/aromatic N) is 2. The van der Waals surface area contributed by atoms with Crippen LogP contribution in [0.1, 0.15) is 48.0 Å². The van der Waals surface area contributed by atoms with Crippen LogP contribution in [0, 0.1) is 0 Å². The van der Waals surface area contributed by atoms with Crippen LogP contribution < -0.4 is 5.14 Å². The quantitative estimate of drug-likeness (QED) is 0.942. The molecule has 1 saturated carbocycles. The maximum Gasteiger partial charge on any atom is 0.238 e. The molecule has 1 aromatic carbocycles. The summed E-state index contributed by atoms with van der Waals surface area (Å²) in [5, 5.41) is 9.88. The average molecular weight is 317 g/mol. The number of fused-ring (bicyclic) bond motifs is 1. The molecule has 0 radical (unpaired) electrons. The molecule has 1 aliphatic carbocycles. The molecular weight excluding hydrogens is 298 g/mol. The standard InChI is InChI=1S/C16H19N3O2S/c17-22(20,21)13-6-4-11(5-7-13)14-10-15(14)16-9-12-3-1-2-8-19(12)18-16/h4-7,9,14-15H,1-3,8,10H2,(H2,17,20,21). The molecular formula is C16H19N3O2S. The van der Waals surface area contributed by atoms with E-state index in [1.807, 2.05) is 12.1 Å². The third kappa shape index (κ3) is 2.46. The lowest BCUT2D eigenvalue weighted by Crippen LogP contribution is -2.11. The highest BCUT2D eigenvalue weighted by Gasteiger charge is 2.41. The molecule has 1 fully saturated rings. The van der Waals surface area contributed by atoms with Gasteiger partial charge in [-0.15, -0.1) is 0 Å². The Balaban J connectivity index is 1.53. The number of aryl methyl sites for hydroxylation is 2. The van der Waals surface area contributed by atoms with E-state index in [-0.39, 0.29) is 4.90 Å². The van der Waals surface area contributed by atoms with E-state index in [0.717, 1.165) is 19.4 Å². The van der Waals surface area contributed by atoms with Crippen molar-refractivity contribution >= 4 is 10.0 Å². The molecule has 2 aliphatic rings. The predicted octanol–water partition coefficient (Wildman–Crippen LogP) is 2.14. The maximum atomic E-state index is 11.3. The third-order valence-electron chi connectivity index (χ3n) is 4.74. The molecule has 1 aliphatic heterocycles. The highest BCUT2D eigenvalue weighted by Crippen LogP contribution is 2.54. The van der Waals surface area contributed by atoms with Crippen LogP contribution in [0.2, 0.25) is 0 Å². The first kappa shape index (κ1) is 14.0. The summed E-state index contributed by atoms with van der Waals surface area (Å²) in [6, 6.07) is 9.19. The van der Waals surface area contributed by atoms with Gasteiger partial charge in [0.05, 0.1) is 10.6 Å². The number of aromatic nitrogens is 2. The lowest BCUT2D eigenvalue weighted by atomic mass is 10.1. The number of hydrogen-bond acceptors (Lipinski definition) is 3. The summed E-state index contributed by atoms with van der Waals surface area (Å²) in [6.07, 6.45) is 4.70. The number of nitrogens with two attached hydrogens (primary N) is 1. The minimum atomic E-state index is -3.61. The Morgan fingerprint density at radius 3 is 2.59 bits per heavy atom. The second-order valence-electron chi connectivity index (χ2n) is 6.30. The SMILES string of the molecule is NS(=O)(=O)c1ccc(C2CC2c2cc3n(n2)CCCC3)cc1. The van der Waals surface area contributed by atoms with Crippen molar-refractivity contribution in [1.82, 2.24) is 9.78 Å². The Kier molecular flexibility index (Phi) is 3.13. The molecule has 2 unspecified atom stereocenters. The van der Waals surface area contributed by atoms with Gasteiger partial charge in [0, 0.05) is 18.2 Å². The van der Waals surface area contributed by atoms with Gasteiger partial charge in [0.2, 0.25) is 10.0 Å². The molecule has 5 nitrogen and oxygen atoms in total. The van der Waals surface area contributed by atoms with Crippen molar-refractivity contribution in [2.75, 3.05) is 0 Å². The number of rotatable bonds is 3. The number of benzene rings is 1. The molecule has 0 amide bonds. The highest BCUT2D eigenvalue weighted by molar-refractivity contribution is 7.89. The molecule has 4 rings (SSSR count). The Hall–Kier alpha value is -1.66. The van der Waals surface area contributed by atoms with Gasteiger partial charge in [-0.05, 0) is 55.4 Å². The van der Waals surface area contributed by atoms with Gasteiger partial charge in [-0.25, -0.2) is 13.6 Å². The van der Waals surface area contributed by atoms with Crippen LogP contribution in [-0.2, 0) is 23.0 Å². The van der Waals surface area contributed by atoms with E-state index >= 15 is 0 Å². The Labute approximate surface area is 130 Å². The Morgan fingerprint density at radius 1 is 1.14 bits per heavy atom. The minimum absolute atomic E-state index is 0.172. The molecule has 0 bridgehead atoms. The zero-order valence-electron chi connectivity index (χ0n) is 12.3. The van der Waals surface area contributed by atoms with Gasteiger partial charge in [0.1, 0.15) is 0 Å². The normalized spacial score (nSPS) is 24.0. The van der Waals surface area contributed by atoms with E-state index in [1.54, 1.807) is 12.1 Å². The summed E-state index contributed by atoms with van der Waals surface area (Å²) < 4.78 is 24.7. The first-order valence-corrected chi connectivity index (χ1v) is 9.26. The van der Waals surface area contributed by atoms with Crippen molar-refractivity contribution in [3.8, 4) is 0 Å². The molecule has 2 N–H and O–H groups in total. The van der Waals surface area contributed by atoms with E-state index in [4.69, 9.17) is 10.2 Å². The predicted molar refractivity (Wildman–Crippen MR) is 83.1 cm³/mol. The first-order chi connectivity index (χ1) is 10.5. The fraction of sp³-hybridized carbons (Fsp3) is 0.438. The van der Waals surface area contributed by atoms with Crippen LogP contribution in [-0.4, -0.2) is 18.2 Å². The zero-order valence-corrected chi connectivity index (χ0v) is 13.1. The van der Waals surface area contributed by atoms with Crippen molar-refractivity contribution < 1.29 is 8.42 Å². The molecule has 0 spiro atoms. The van der Waals surface area contributed by atoms with E-state index in [1.165, 1.54) is 29.8 Å². The smallest absolute Gasteiger partial charge is 0.238 e. The van der Waals surface area contributed by atoms with Gasteiger partial charge < -0.3 is 0 Å². The first-order valence-electron chi connectivity index (χ1n) is 7.72. The van der Waals surface area contributed by atoms with Crippen molar-refractivity contribution in [2.45, 2.75) is 49.0 Å². The number of primary sulfonamides is 1. The topological polar surface area (TPSA) is 78.0 Å². The Morgan fingerprint density at radius 2 is 1.91 bits per heavy atom. The van der Waals surface area contributed by atoms with Gasteiger partial charge in [-0.2, -0.15) is 5.10 Å². The molecule has 1 aromatic heterocycles. The van der Waals surface area contributed by atoms with Crippen molar-refractivity contribution in [3.05, 3.63) is 47.3 Å². The number of sulfonamides is 1. The molecule has 0 saturated heterocycles. The lowest BCUT2D eigenvalue weighted by molar-refractivity contribution is 0.483. The molecule has 2 heterocycles. The van der Waals surface area contributed by atoms with E-state index < -0.39 is 10.0 Å².